The van der Waals surface area contributed by atoms with Gasteiger partial charge in [0, 0.05) is 6.04 Å². The summed E-state index contributed by atoms with van der Waals surface area (Å²) in [5, 5.41) is 12.1. The highest BCUT2D eigenvalue weighted by atomic mass is 16.3. The van der Waals surface area contributed by atoms with E-state index in [4.69, 9.17) is 5.11 Å². The molecule has 1 rings (SSSR count). The summed E-state index contributed by atoms with van der Waals surface area (Å²) in [6.45, 7) is 2.38. The number of benzene rings is 1. The summed E-state index contributed by atoms with van der Waals surface area (Å²) in [6.07, 6.45) is 3.10. The molecule has 0 fully saturated rings. The fourth-order valence-electron chi connectivity index (χ4n) is 1.61. The Labute approximate surface area is 92.3 Å². The van der Waals surface area contributed by atoms with Gasteiger partial charge in [-0.05, 0) is 37.4 Å². The van der Waals surface area contributed by atoms with Crippen LogP contribution in [0, 0.1) is 0 Å². The summed E-state index contributed by atoms with van der Waals surface area (Å²) in [6, 6.07) is 8.95. The van der Waals surface area contributed by atoms with Gasteiger partial charge >= 0.3 is 0 Å². The van der Waals surface area contributed by atoms with Crippen molar-refractivity contribution in [3.63, 3.8) is 0 Å². The topological polar surface area (TPSA) is 32.3 Å². The monoisotopic (exact) mass is 207 g/mol. The predicted molar refractivity (Wildman–Crippen MR) is 64.1 cm³/mol. The lowest BCUT2D eigenvalue weighted by atomic mass is 10.0. The van der Waals surface area contributed by atoms with Gasteiger partial charge in [0.05, 0.1) is 6.61 Å². The Morgan fingerprint density at radius 1 is 1.20 bits per heavy atom. The lowest BCUT2D eigenvalue weighted by Gasteiger charge is -2.12. The molecule has 0 heterocycles. The third-order valence-electron chi connectivity index (χ3n) is 2.84. The van der Waals surface area contributed by atoms with Crippen molar-refractivity contribution < 1.29 is 5.11 Å². The summed E-state index contributed by atoms with van der Waals surface area (Å²) < 4.78 is 0. The maximum atomic E-state index is 9.02. The van der Waals surface area contributed by atoms with Crippen molar-refractivity contribution in [1.82, 2.24) is 5.32 Å². The molecule has 0 aliphatic carbocycles. The standard InChI is InChI=1S/C13H21NO/c1-3-11-4-6-12(7-5-11)8-9-13(10-15)14-2/h4-7,13-15H,3,8-10H2,1-2H3. The van der Waals surface area contributed by atoms with E-state index in [9.17, 15) is 0 Å². The molecule has 2 N–H and O–H groups in total. The van der Waals surface area contributed by atoms with Crippen LogP contribution in [0.5, 0.6) is 0 Å². The van der Waals surface area contributed by atoms with Gasteiger partial charge in [-0.15, -0.1) is 0 Å². The van der Waals surface area contributed by atoms with Crippen LogP contribution >= 0.6 is 0 Å². The summed E-state index contributed by atoms with van der Waals surface area (Å²) in [7, 11) is 1.89. The number of nitrogens with one attached hydrogen (secondary N) is 1. The van der Waals surface area contributed by atoms with E-state index < -0.39 is 0 Å². The molecule has 0 aliphatic heterocycles. The Kier molecular flexibility index (Phi) is 5.37. The molecule has 0 amide bonds. The van der Waals surface area contributed by atoms with Crippen LogP contribution in [-0.2, 0) is 12.8 Å². The molecule has 1 aromatic rings. The Bertz CT molecular complexity index is 264. The van der Waals surface area contributed by atoms with Crippen molar-refractivity contribution in [3.05, 3.63) is 35.4 Å². The number of rotatable bonds is 6. The number of hydrogen-bond acceptors (Lipinski definition) is 2. The van der Waals surface area contributed by atoms with Crippen LogP contribution in [0.25, 0.3) is 0 Å². The molecule has 0 spiro atoms. The van der Waals surface area contributed by atoms with E-state index in [0.717, 1.165) is 19.3 Å². The second-order valence-electron chi connectivity index (χ2n) is 3.88. The van der Waals surface area contributed by atoms with Crippen molar-refractivity contribution >= 4 is 0 Å². The van der Waals surface area contributed by atoms with Crippen LogP contribution in [0.2, 0.25) is 0 Å². The van der Waals surface area contributed by atoms with Crippen LogP contribution < -0.4 is 5.32 Å². The minimum Gasteiger partial charge on any atom is -0.395 e. The van der Waals surface area contributed by atoms with E-state index in [2.05, 4.69) is 36.5 Å². The molecule has 15 heavy (non-hydrogen) atoms. The molecule has 2 nitrogen and oxygen atoms in total. The highest BCUT2D eigenvalue weighted by Crippen LogP contribution is 2.08. The maximum absolute atomic E-state index is 9.02. The molecular formula is C13H21NO. The highest BCUT2D eigenvalue weighted by Gasteiger charge is 2.03. The fraction of sp³-hybridized carbons (Fsp3) is 0.538. The van der Waals surface area contributed by atoms with Crippen LogP contribution in [-0.4, -0.2) is 24.8 Å². The van der Waals surface area contributed by atoms with Gasteiger partial charge in [0.1, 0.15) is 0 Å². The van der Waals surface area contributed by atoms with Gasteiger partial charge in [-0.25, -0.2) is 0 Å². The SMILES string of the molecule is CCc1ccc(CCC(CO)NC)cc1. The van der Waals surface area contributed by atoms with Crippen molar-refractivity contribution in [3.8, 4) is 0 Å². The third kappa shape index (κ3) is 4.02. The van der Waals surface area contributed by atoms with Gasteiger partial charge in [0.15, 0.2) is 0 Å². The normalized spacial score (nSPS) is 12.7. The molecule has 1 aromatic carbocycles. The van der Waals surface area contributed by atoms with Gasteiger partial charge in [-0.3, -0.25) is 0 Å². The molecule has 1 atom stereocenters. The van der Waals surface area contributed by atoms with Gasteiger partial charge in [-0.2, -0.15) is 0 Å². The summed E-state index contributed by atoms with van der Waals surface area (Å²) in [5.74, 6) is 0. The first-order valence-corrected chi connectivity index (χ1v) is 5.66. The molecule has 84 valence electrons. The fourth-order valence-corrected chi connectivity index (χ4v) is 1.61. The maximum Gasteiger partial charge on any atom is 0.0584 e. The van der Waals surface area contributed by atoms with Gasteiger partial charge in [0.2, 0.25) is 0 Å². The Balaban J connectivity index is 2.43. The third-order valence-corrected chi connectivity index (χ3v) is 2.84. The first kappa shape index (κ1) is 12.2. The number of aliphatic hydroxyl groups is 1. The summed E-state index contributed by atoms with van der Waals surface area (Å²) in [4.78, 5) is 0. The number of likely N-dealkylation sites (N-methyl/N-ethyl adjacent to an activating group) is 1. The van der Waals surface area contributed by atoms with Crippen LogP contribution in [0.4, 0.5) is 0 Å². The van der Waals surface area contributed by atoms with E-state index in [1.54, 1.807) is 0 Å². The Hall–Kier alpha value is -0.860. The van der Waals surface area contributed by atoms with Crippen molar-refractivity contribution in [2.75, 3.05) is 13.7 Å². The minimum absolute atomic E-state index is 0.212. The predicted octanol–water partition coefficient (Wildman–Crippen LogP) is 1.76. The quantitative estimate of drug-likeness (QED) is 0.745. The van der Waals surface area contributed by atoms with Crippen LogP contribution in [0.3, 0.4) is 0 Å². The Morgan fingerprint density at radius 3 is 2.27 bits per heavy atom. The summed E-state index contributed by atoms with van der Waals surface area (Å²) >= 11 is 0. The van der Waals surface area contributed by atoms with E-state index in [0.29, 0.717) is 0 Å². The zero-order chi connectivity index (χ0) is 11.1. The second-order valence-corrected chi connectivity index (χ2v) is 3.88. The van der Waals surface area contributed by atoms with Crippen molar-refractivity contribution in [1.29, 1.82) is 0 Å². The lowest BCUT2D eigenvalue weighted by molar-refractivity contribution is 0.242. The summed E-state index contributed by atoms with van der Waals surface area (Å²) in [5.41, 5.74) is 2.73. The number of aryl methyl sites for hydroxylation is 2. The highest BCUT2D eigenvalue weighted by molar-refractivity contribution is 5.22. The van der Waals surface area contributed by atoms with E-state index in [-0.39, 0.29) is 12.6 Å². The number of hydrogen-bond donors (Lipinski definition) is 2. The smallest absolute Gasteiger partial charge is 0.0584 e. The molecule has 0 aliphatic rings. The Morgan fingerprint density at radius 2 is 1.80 bits per heavy atom. The van der Waals surface area contributed by atoms with Gasteiger partial charge in [0.25, 0.3) is 0 Å². The molecule has 0 saturated carbocycles. The molecular weight excluding hydrogens is 186 g/mol. The van der Waals surface area contributed by atoms with Gasteiger partial charge in [-0.1, -0.05) is 31.2 Å². The first-order chi connectivity index (χ1) is 7.30. The first-order valence-electron chi connectivity index (χ1n) is 5.66. The average Bonchev–Trinajstić information content (AvgIpc) is 2.31. The second kappa shape index (κ2) is 6.59. The molecule has 2 heteroatoms. The molecule has 0 radical (unpaired) electrons. The molecule has 0 saturated heterocycles. The van der Waals surface area contributed by atoms with Crippen LogP contribution in [0.15, 0.2) is 24.3 Å². The van der Waals surface area contributed by atoms with E-state index >= 15 is 0 Å². The van der Waals surface area contributed by atoms with Crippen molar-refractivity contribution in [2.24, 2.45) is 0 Å². The van der Waals surface area contributed by atoms with Crippen LogP contribution in [0.1, 0.15) is 24.5 Å². The molecule has 0 bridgehead atoms. The average molecular weight is 207 g/mol. The molecule has 1 unspecified atom stereocenters. The zero-order valence-corrected chi connectivity index (χ0v) is 9.66. The van der Waals surface area contributed by atoms with E-state index in [1.165, 1.54) is 11.1 Å². The number of aliphatic hydroxyl groups excluding tert-OH is 1. The van der Waals surface area contributed by atoms with Crippen molar-refractivity contribution in [2.45, 2.75) is 32.2 Å². The minimum atomic E-state index is 0.212. The largest absolute Gasteiger partial charge is 0.395 e. The van der Waals surface area contributed by atoms with Gasteiger partial charge < -0.3 is 10.4 Å². The molecule has 0 aromatic heterocycles. The zero-order valence-electron chi connectivity index (χ0n) is 9.66. The lowest BCUT2D eigenvalue weighted by Crippen LogP contribution is -2.29. The van der Waals surface area contributed by atoms with E-state index in [1.807, 2.05) is 7.05 Å².